The Balaban J connectivity index is 2.55. The quantitative estimate of drug-likeness (QED) is 0.735. The number of rotatable bonds is 6. The van der Waals surface area contributed by atoms with Crippen molar-refractivity contribution < 1.29 is 4.79 Å². The highest BCUT2D eigenvalue weighted by atomic mass is 16.2. The molecule has 0 saturated heterocycles. The largest absolute Gasteiger partial charge is 0.350 e. The molecule has 0 aromatic heterocycles. The summed E-state index contributed by atoms with van der Waals surface area (Å²) in [4.78, 5) is 14.5. The van der Waals surface area contributed by atoms with E-state index in [0.29, 0.717) is 19.1 Å². The topological polar surface area (TPSA) is 58.4 Å². The van der Waals surface area contributed by atoms with E-state index in [1.54, 1.807) is 0 Å². The highest BCUT2D eigenvalue weighted by molar-refractivity contribution is 5.78. The number of hydrogen-bond acceptors (Lipinski definition) is 3. The second kappa shape index (κ2) is 8.63. The van der Waals surface area contributed by atoms with Crippen molar-refractivity contribution in [1.82, 2.24) is 10.2 Å². The van der Waals surface area contributed by atoms with Gasteiger partial charge in [0.15, 0.2) is 0 Å². The molecule has 0 atom stereocenters. The number of nitrogens with two attached hydrogens (primary N) is 1. The van der Waals surface area contributed by atoms with Crippen molar-refractivity contribution in [2.24, 2.45) is 5.73 Å². The summed E-state index contributed by atoms with van der Waals surface area (Å²) < 4.78 is 0. The summed E-state index contributed by atoms with van der Waals surface area (Å²) in [7, 11) is 0. The van der Waals surface area contributed by atoms with Gasteiger partial charge in [-0.1, -0.05) is 25.7 Å². The van der Waals surface area contributed by atoms with Crippen LogP contribution in [0.1, 0.15) is 65.7 Å². The molecule has 4 nitrogen and oxygen atoms in total. The van der Waals surface area contributed by atoms with Crippen molar-refractivity contribution in [1.29, 1.82) is 0 Å². The molecule has 0 aliphatic heterocycles. The first-order chi connectivity index (χ1) is 9.42. The van der Waals surface area contributed by atoms with E-state index in [0.717, 1.165) is 13.0 Å². The number of nitrogens with zero attached hydrogens (tertiary/aromatic N) is 1. The molecule has 0 spiro atoms. The van der Waals surface area contributed by atoms with Crippen molar-refractivity contribution in [2.75, 3.05) is 19.6 Å². The summed E-state index contributed by atoms with van der Waals surface area (Å²) in [5.74, 6) is 0.138. The normalized spacial score (nSPS) is 18.1. The molecule has 0 aromatic carbocycles. The highest BCUT2D eigenvalue weighted by Gasteiger charge is 2.23. The number of carbonyl (C=O) groups excluding carboxylic acids is 1. The Morgan fingerprint density at radius 1 is 1.20 bits per heavy atom. The molecule has 1 rings (SSSR count). The predicted octanol–water partition coefficient (Wildman–Crippen LogP) is 2.27. The van der Waals surface area contributed by atoms with E-state index in [1.807, 2.05) is 20.8 Å². The third-order valence-corrected chi connectivity index (χ3v) is 3.85. The Morgan fingerprint density at radius 3 is 2.30 bits per heavy atom. The summed E-state index contributed by atoms with van der Waals surface area (Å²) in [5, 5.41) is 3.07. The van der Waals surface area contributed by atoms with Crippen LogP contribution in [0.25, 0.3) is 0 Å². The maximum Gasteiger partial charge on any atom is 0.234 e. The molecule has 3 N–H and O–H groups in total. The van der Waals surface area contributed by atoms with Gasteiger partial charge in [0.1, 0.15) is 0 Å². The van der Waals surface area contributed by atoms with Gasteiger partial charge in [-0.2, -0.15) is 0 Å². The van der Waals surface area contributed by atoms with E-state index in [9.17, 15) is 4.79 Å². The van der Waals surface area contributed by atoms with Crippen LogP contribution in [-0.4, -0.2) is 42.0 Å². The second-order valence-electron chi connectivity index (χ2n) is 7.06. The number of hydrogen-bond donors (Lipinski definition) is 2. The molecule has 1 amide bonds. The van der Waals surface area contributed by atoms with Crippen molar-refractivity contribution in [3.05, 3.63) is 0 Å². The second-order valence-corrected chi connectivity index (χ2v) is 7.06. The Kier molecular flexibility index (Phi) is 7.52. The molecule has 1 saturated carbocycles. The Bertz CT molecular complexity index is 278. The van der Waals surface area contributed by atoms with Gasteiger partial charge in [0.25, 0.3) is 0 Å². The minimum Gasteiger partial charge on any atom is -0.350 e. The van der Waals surface area contributed by atoms with Crippen molar-refractivity contribution in [3.63, 3.8) is 0 Å². The van der Waals surface area contributed by atoms with Gasteiger partial charge in [0, 0.05) is 18.1 Å². The third-order valence-electron chi connectivity index (χ3n) is 3.85. The van der Waals surface area contributed by atoms with Crippen molar-refractivity contribution in [3.8, 4) is 0 Å². The smallest absolute Gasteiger partial charge is 0.234 e. The van der Waals surface area contributed by atoms with Crippen molar-refractivity contribution in [2.45, 2.75) is 77.3 Å². The van der Waals surface area contributed by atoms with Crippen LogP contribution in [0.4, 0.5) is 0 Å². The van der Waals surface area contributed by atoms with Crippen LogP contribution in [0.5, 0.6) is 0 Å². The summed E-state index contributed by atoms with van der Waals surface area (Å²) >= 11 is 0. The molecule has 1 aliphatic carbocycles. The van der Waals surface area contributed by atoms with Gasteiger partial charge in [-0.15, -0.1) is 0 Å². The number of carbonyl (C=O) groups is 1. The van der Waals surface area contributed by atoms with Gasteiger partial charge in [-0.05, 0) is 46.6 Å². The molecule has 20 heavy (non-hydrogen) atoms. The summed E-state index contributed by atoms with van der Waals surface area (Å²) in [6, 6.07) is 0.565. The van der Waals surface area contributed by atoms with E-state index >= 15 is 0 Å². The molecule has 0 bridgehead atoms. The molecule has 118 valence electrons. The van der Waals surface area contributed by atoms with Crippen LogP contribution < -0.4 is 11.1 Å². The molecule has 1 fully saturated rings. The van der Waals surface area contributed by atoms with Gasteiger partial charge in [0.05, 0.1) is 6.54 Å². The van der Waals surface area contributed by atoms with Crippen LogP contribution in [0.3, 0.4) is 0 Å². The molecule has 1 aliphatic rings. The SMILES string of the molecule is CC(C)(C)NC(=O)CN(CCCN)C1CCCCCC1. The molecular formula is C16H33N3O. The monoisotopic (exact) mass is 283 g/mol. The zero-order chi connectivity index (χ0) is 15.0. The first-order valence-corrected chi connectivity index (χ1v) is 8.17. The lowest BCUT2D eigenvalue weighted by Crippen LogP contribution is -2.48. The third kappa shape index (κ3) is 7.25. The van der Waals surface area contributed by atoms with Gasteiger partial charge < -0.3 is 11.1 Å². The Morgan fingerprint density at radius 2 is 1.80 bits per heavy atom. The fourth-order valence-electron chi connectivity index (χ4n) is 2.95. The number of amides is 1. The van der Waals surface area contributed by atoms with Crippen LogP contribution in [0.15, 0.2) is 0 Å². The standard InChI is InChI=1S/C16H33N3O/c1-16(2,3)18-15(20)13-19(12-8-11-17)14-9-6-4-5-7-10-14/h14H,4-13,17H2,1-3H3,(H,18,20). The van der Waals surface area contributed by atoms with Crippen LogP contribution in [0.2, 0.25) is 0 Å². The van der Waals surface area contributed by atoms with Crippen molar-refractivity contribution >= 4 is 5.91 Å². The van der Waals surface area contributed by atoms with Gasteiger partial charge in [0.2, 0.25) is 5.91 Å². The van der Waals surface area contributed by atoms with E-state index in [1.165, 1.54) is 38.5 Å². The lowest BCUT2D eigenvalue weighted by molar-refractivity contribution is -0.124. The van der Waals surface area contributed by atoms with Gasteiger partial charge >= 0.3 is 0 Å². The van der Waals surface area contributed by atoms with E-state index in [-0.39, 0.29) is 11.4 Å². The minimum absolute atomic E-state index is 0.138. The van der Waals surface area contributed by atoms with E-state index < -0.39 is 0 Å². The van der Waals surface area contributed by atoms with Crippen LogP contribution in [0, 0.1) is 0 Å². The summed E-state index contributed by atoms with van der Waals surface area (Å²) in [5.41, 5.74) is 5.49. The molecular weight excluding hydrogens is 250 g/mol. The Hall–Kier alpha value is -0.610. The average molecular weight is 283 g/mol. The lowest BCUT2D eigenvalue weighted by atomic mass is 10.1. The first kappa shape index (κ1) is 17.4. The lowest BCUT2D eigenvalue weighted by Gasteiger charge is -2.32. The molecule has 4 heteroatoms. The molecule has 0 aromatic rings. The average Bonchev–Trinajstić information content (AvgIpc) is 2.60. The van der Waals surface area contributed by atoms with Crippen LogP contribution in [-0.2, 0) is 4.79 Å². The zero-order valence-electron chi connectivity index (χ0n) is 13.6. The van der Waals surface area contributed by atoms with Gasteiger partial charge in [-0.3, -0.25) is 9.69 Å². The van der Waals surface area contributed by atoms with E-state index in [4.69, 9.17) is 5.73 Å². The first-order valence-electron chi connectivity index (χ1n) is 8.17. The summed E-state index contributed by atoms with van der Waals surface area (Å²) in [6.07, 6.45) is 8.71. The predicted molar refractivity (Wildman–Crippen MR) is 84.6 cm³/mol. The fourth-order valence-corrected chi connectivity index (χ4v) is 2.95. The minimum atomic E-state index is -0.153. The molecule has 0 heterocycles. The summed E-state index contributed by atoms with van der Waals surface area (Å²) in [6.45, 7) is 8.24. The fraction of sp³-hybridized carbons (Fsp3) is 0.938. The zero-order valence-corrected chi connectivity index (χ0v) is 13.6. The maximum absolute atomic E-state index is 12.2. The van der Waals surface area contributed by atoms with Gasteiger partial charge in [-0.25, -0.2) is 0 Å². The number of nitrogens with one attached hydrogen (secondary N) is 1. The van der Waals surface area contributed by atoms with E-state index in [2.05, 4.69) is 10.2 Å². The molecule has 0 radical (unpaired) electrons. The Labute approximate surface area is 124 Å². The highest BCUT2D eigenvalue weighted by Crippen LogP contribution is 2.22. The van der Waals surface area contributed by atoms with Crippen LogP contribution >= 0.6 is 0 Å². The maximum atomic E-state index is 12.2. The molecule has 0 unspecified atom stereocenters.